The molecule has 1 heterocycles. The molecule has 2 N–H and O–H groups in total. The van der Waals surface area contributed by atoms with Crippen LogP contribution in [0.1, 0.15) is 32.1 Å². The SMILES string of the molecule is CN1CC(=O)N(CCCC(=O)NC2CCCC2CO)C1=O. The molecule has 1 aliphatic heterocycles. The number of nitrogens with zero attached hydrogens (tertiary/aromatic N) is 2. The minimum Gasteiger partial charge on any atom is -0.396 e. The highest BCUT2D eigenvalue weighted by atomic mass is 16.3. The maximum absolute atomic E-state index is 11.9. The van der Waals surface area contributed by atoms with Gasteiger partial charge in [-0.05, 0) is 19.3 Å². The van der Waals surface area contributed by atoms with Crippen LogP contribution in [-0.4, -0.2) is 65.5 Å². The van der Waals surface area contributed by atoms with Gasteiger partial charge in [0, 0.05) is 38.6 Å². The molecule has 2 atom stereocenters. The molecular weight excluding hydrogens is 274 g/mol. The Morgan fingerprint density at radius 1 is 1.38 bits per heavy atom. The summed E-state index contributed by atoms with van der Waals surface area (Å²) in [5, 5.41) is 12.2. The standard InChI is InChI=1S/C14H23N3O4/c1-16-8-13(20)17(14(16)21)7-3-6-12(19)15-11-5-2-4-10(11)9-18/h10-11,18H,2-9H2,1H3,(H,15,19). The maximum Gasteiger partial charge on any atom is 0.326 e. The smallest absolute Gasteiger partial charge is 0.326 e. The molecule has 0 aromatic rings. The van der Waals surface area contributed by atoms with Gasteiger partial charge < -0.3 is 15.3 Å². The predicted octanol–water partition coefficient (Wildman–Crippen LogP) is -0.0622. The number of hydrogen-bond donors (Lipinski definition) is 2. The summed E-state index contributed by atoms with van der Waals surface area (Å²) in [6.45, 7) is 0.503. The van der Waals surface area contributed by atoms with E-state index >= 15 is 0 Å². The molecule has 21 heavy (non-hydrogen) atoms. The van der Waals surface area contributed by atoms with Crippen LogP contribution in [0.3, 0.4) is 0 Å². The second kappa shape index (κ2) is 6.89. The van der Waals surface area contributed by atoms with Crippen molar-refractivity contribution in [2.24, 2.45) is 5.92 Å². The van der Waals surface area contributed by atoms with E-state index in [0.29, 0.717) is 6.42 Å². The lowest BCUT2D eigenvalue weighted by molar-refractivity contribution is -0.126. The molecular formula is C14H23N3O4. The van der Waals surface area contributed by atoms with Crippen molar-refractivity contribution in [3.63, 3.8) is 0 Å². The topological polar surface area (TPSA) is 90.0 Å². The Balaban J connectivity index is 1.70. The van der Waals surface area contributed by atoms with E-state index in [1.54, 1.807) is 7.05 Å². The summed E-state index contributed by atoms with van der Waals surface area (Å²) < 4.78 is 0. The molecule has 2 unspecified atom stereocenters. The molecule has 1 saturated heterocycles. The zero-order valence-corrected chi connectivity index (χ0v) is 12.4. The molecule has 0 radical (unpaired) electrons. The van der Waals surface area contributed by atoms with Gasteiger partial charge in [0.25, 0.3) is 0 Å². The van der Waals surface area contributed by atoms with Crippen molar-refractivity contribution >= 4 is 17.8 Å². The molecule has 7 nitrogen and oxygen atoms in total. The van der Waals surface area contributed by atoms with Gasteiger partial charge in [0.05, 0.1) is 0 Å². The third-order valence-electron chi connectivity index (χ3n) is 4.26. The molecule has 1 aliphatic carbocycles. The van der Waals surface area contributed by atoms with E-state index in [1.165, 1.54) is 9.80 Å². The summed E-state index contributed by atoms with van der Waals surface area (Å²) in [4.78, 5) is 37.7. The molecule has 118 valence electrons. The van der Waals surface area contributed by atoms with Crippen molar-refractivity contribution in [2.45, 2.75) is 38.1 Å². The van der Waals surface area contributed by atoms with Gasteiger partial charge >= 0.3 is 6.03 Å². The highest BCUT2D eigenvalue weighted by Crippen LogP contribution is 2.25. The van der Waals surface area contributed by atoms with Crippen LogP contribution in [0.4, 0.5) is 4.79 Å². The van der Waals surface area contributed by atoms with Crippen LogP contribution < -0.4 is 5.32 Å². The second-order valence-electron chi connectivity index (χ2n) is 5.84. The highest BCUT2D eigenvalue weighted by molar-refractivity contribution is 6.01. The molecule has 1 saturated carbocycles. The minimum absolute atomic E-state index is 0.0590. The van der Waals surface area contributed by atoms with Crippen LogP contribution in [0.5, 0.6) is 0 Å². The predicted molar refractivity (Wildman–Crippen MR) is 75.3 cm³/mol. The van der Waals surface area contributed by atoms with Gasteiger partial charge in [0.15, 0.2) is 0 Å². The van der Waals surface area contributed by atoms with E-state index in [1.807, 2.05) is 0 Å². The van der Waals surface area contributed by atoms with Gasteiger partial charge in [-0.15, -0.1) is 0 Å². The summed E-state index contributed by atoms with van der Waals surface area (Å²) in [5.74, 6) is -0.129. The van der Waals surface area contributed by atoms with Crippen LogP contribution in [0.15, 0.2) is 0 Å². The van der Waals surface area contributed by atoms with Crippen molar-refractivity contribution in [1.82, 2.24) is 15.1 Å². The summed E-state index contributed by atoms with van der Waals surface area (Å²) in [5.41, 5.74) is 0. The van der Waals surface area contributed by atoms with Crippen molar-refractivity contribution in [1.29, 1.82) is 0 Å². The fourth-order valence-corrected chi connectivity index (χ4v) is 3.01. The number of amides is 4. The first kappa shape index (κ1) is 15.8. The quantitative estimate of drug-likeness (QED) is 0.672. The lowest BCUT2D eigenvalue weighted by Crippen LogP contribution is -2.39. The first-order valence-corrected chi connectivity index (χ1v) is 7.48. The molecule has 7 heteroatoms. The van der Waals surface area contributed by atoms with Crippen molar-refractivity contribution in [2.75, 3.05) is 26.7 Å². The summed E-state index contributed by atoms with van der Waals surface area (Å²) in [7, 11) is 1.59. The fourth-order valence-electron chi connectivity index (χ4n) is 3.01. The largest absolute Gasteiger partial charge is 0.396 e. The first-order chi connectivity index (χ1) is 10.0. The zero-order chi connectivity index (χ0) is 15.4. The van der Waals surface area contributed by atoms with E-state index in [9.17, 15) is 19.5 Å². The van der Waals surface area contributed by atoms with Crippen LogP contribution in [0.2, 0.25) is 0 Å². The Bertz CT molecular complexity index is 426. The average Bonchev–Trinajstić information content (AvgIpc) is 2.98. The fraction of sp³-hybridized carbons (Fsp3) is 0.786. The summed E-state index contributed by atoms with van der Waals surface area (Å²) in [6, 6.07) is -0.236. The zero-order valence-electron chi connectivity index (χ0n) is 12.4. The maximum atomic E-state index is 11.9. The number of carbonyl (C=O) groups is 3. The lowest BCUT2D eigenvalue weighted by atomic mass is 10.0. The Hall–Kier alpha value is -1.63. The molecule has 2 fully saturated rings. The normalized spacial score (nSPS) is 25.8. The van der Waals surface area contributed by atoms with Gasteiger partial charge in [-0.3, -0.25) is 14.5 Å². The number of rotatable bonds is 6. The molecule has 0 aromatic heterocycles. The van der Waals surface area contributed by atoms with Gasteiger partial charge in [-0.25, -0.2) is 4.79 Å². The number of likely N-dealkylation sites (N-methyl/N-ethyl adjacent to an activating group) is 1. The molecule has 0 spiro atoms. The van der Waals surface area contributed by atoms with E-state index < -0.39 is 0 Å². The third-order valence-corrected chi connectivity index (χ3v) is 4.26. The van der Waals surface area contributed by atoms with E-state index in [4.69, 9.17) is 0 Å². The molecule has 0 bridgehead atoms. The number of imide groups is 1. The number of carbonyl (C=O) groups excluding carboxylic acids is 3. The highest BCUT2D eigenvalue weighted by Gasteiger charge is 2.33. The van der Waals surface area contributed by atoms with Crippen LogP contribution in [0, 0.1) is 5.92 Å². The van der Waals surface area contributed by atoms with Gasteiger partial charge in [0.1, 0.15) is 6.54 Å². The number of urea groups is 1. The van der Waals surface area contributed by atoms with E-state index in [0.717, 1.165) is 19.3 Å². The van der Waals surface area contributed by atoms with Crippen molar-refractivity contribution in [3.05, 3.63) is 0 Å². The number of nitrogens with one attached hydrogen (secondary N) is 1. The molecule has 2 rings (SSSR count). The number of hydrogen-bond acceptors (Lipinski definition) is 4. The molecule has 0 aromatic carbocycles. The van der Waals surface area contributed by atoms with Crippen LogP contribution >= 0.6 is 0 Å². The molecule has 4 amide bonds. The average molecular weight is 297 g/mol. The van der Waals surface area contributed by atoms with E-state index in [-0.39, 0.29) is 55.9 Å². The Morgan fingerprint density at radius 2 is 2.14 bits per heavy atom. The summed E-state index contributed by atoms with van der Waals surface area (Å²) in [6.07, 6.45) is 3.64. The first-order valence-electron chi connectivity index (χ1n) is 7.48. The van der Waals surface area contributed by atoms with Crippen LogP contribution in [-0.2, 0) is 9.59 Å². The molecule has 2 aliphatic rings. The van der Waals surface area contributed by atoms with Gasteiger partial charge in [-0.1, -0.05) is 6.42 Å². The minimum atomic E-state index is -0.295. The lowest BCUT2D eigenvalue weighted by Gasteiger charge is -2.19. The van der Waals surface area contributed by atoms with Gasteiger partial charge in [-0.2, -0.15) is 0 Å². The Labute approximate surface area is 124 Å². The summed E-state index contributed by atoms with van der Waals surface area (Å²) >= 11 is 0. The Morgan fingerprint density at radius 3 is 2.76 bits per heavy atom. The third kappa shape index (κ3) is 3.72. The Kier molecular flexibility index (Phi) is 5.17. The van der Waals surface area contributed by atoms with Crippen molar-refractivity contribution < 1.29 is 19.5 Å². The van der Waals surface area contributed by atoms with E-state index in [2.05, 4.69) is 5.32 Å². The van der Waals surface area contributed by atoms with Crippen LogP contribution in [0.25, 0.3) is 0 Å². The van der Waals surface area contributed by atoms with Crippen molar-refractivity contribution in [3.8, 4) is 0 Å². The second-order valence-corrected chi connectivity index (χ2v) is 5.84. The number of aliphatic hydroxyl groups is 1. The monoisotopic (exact) mass is 297 g/mol. The van der Waals surface area contributed by atoms with Gasteiger partial charge in [0.2, 0.25) is 11.8 Å². The number of aliphatic hydroxyl groups excluding tert-OH is 1.